The van der Waals surface area contributed by atoms with Gasteiger partial charge in [-0.2, -0.15) is 4.98 Å². The van der Waals surface area contributed by atoms with Gasteiger partial charge in [-0.1, -0.05) is 5.16 Å². The Labute approximate surface area is 136 Å². The van der Waals surface area contributed by atoms with Crippen LogP contribution in [0.3, 0.4) is 0 Å². The van der Waals surface area contributed by atoms with Crippen molar-refractivity contribution in [1.82, 2.24) is 15.0 Å². The van der Waals surface area contributed by atoms with Crippen LogP contribution in [-0.2, 0) is 4.74 Å². The van der Waals surface area contributed by atoms with Gasteiger partial charge in [-0.3, -0.25) is 0 Å². The Morgan fingerprint density at radius 2 is 2.09 bits per heavy atom. The summed E-state index contributed by atoms with van der Waals surface area (Å²) in [6.45, 7) is 4.87. The summed E-state index contributed by atoms with van der Waals surface area (Å²) in [6, 6.07) is 0. The molecule has 3 rings (SSSR count). The Morgan fingerprint density at radius 3 is 2.74 bits per heavy atom. The molecule has 2 aliphatic rings. The zero-order valence-corrected chi connectivity index (χ0v) is 13.7. The van der Waals surface area contributed by atoms with Crippen LogP contribution in [0.15, 0.2) is 4.52 Å². The Bertz CT molecular complexity index is 487. The number of rotatable bonds is 5. The Balaban J connectivity index is 1.59. The van der Waals surface area contributed by atoms with Gasteiger partial charge in [0.1, 0.15) is 0 Å². The van der Waals surface area contributed by atoms with E-state index in [4.69, 9.17) is 14.4 Å². The third kappa shape index (κ3) is 4.09. The highest BCUT2D eigenvalue weighted by Gasteiger charge is 2.38. The van der Waals surface area contributed by atoms with Crippen molar-refractivity contribution in [3.8, 4) is 0 Å². The van der Waals surface area contributed by atoms with Crippen molar-refractivity contribution in [1.29, 1.82) is 0 Å². The van der Waals surface area contributed by atoms with Crippen LogP contribution in [0.2, 0.25) is 0 Å². The number of β-amino-alcohol motifs (C(OH)–C–C–N with tert-alkyl or cyclic N) is 1. The molecule has 1 aromatic heterocycles. The zero-order chi connectivity index (χ0) is 16.2. The third-order valence-corrected chi connectivity index (χ3v) is 5.00. The molecule has 0 aliphatic carbocycles. The quantitative estimate of drug-likeness (QED) is 0.823. The SMILES string of the molecule is Cc1noc([C@@H]2CCCO[C@H]2C2CCN(C[C@@H](O)CO)CC2)n1. The van der Waals surface area contributed by atoms with Crippen molar-refractivity contribution < 1.29 is 19.5 Å². The summed E-state index contributed by atoms with van der Waals surface area (Å²) >= 11 is 0. The molecule has 3 heterocycles. The number of piperidine rings is 1. The van der Waals surface area contributed by atoms with Gasteiger partial charge in [0.05, 0.1) is 24.7 Å². The van der Waals surface area contributed by atoms with Crippen LogP contribution in [0.25, 0.3) is 0 Å². The number of likely N-dealkylation sites (tertiary alicyclic amines) is 1. The van der Waals surface area contributed by atoms with Gasteiger partial charge >= 0.3 is 0 Å². The molecule has 7 nitrogen and oxygen atoms in total. The van der Waals surface area contributed by atoms with E-state index < -0.39 is 6.10 Å². The summed E-state index contributed by atoms with van der Waals surface area (Å²) in [5.41, 5.74) is 0. The number of ether oxygens (including phenoxy) is 1. The Kier molecular flexibility index (Phi) is 5.63. The topological polar surface area (TPSA) is 91.9 Å². The van der Waals surface area contributed by atoms with Crippen molar-refractivity contribution in [2.45, 2.75) is 50.7 Å². The minimum atomic E-state index is -0.647. The molecular weight excluding hydrogens is 298 g/mol. The van der Waals surface area contributed by atoms with E-state index in [0.717, 1.165) is 45.4 Å². The smallest absolute Gasteiger partial charge is 0.232 e. The molecule has 0 amide bonds. The maximum Gasteiger partial charge on any atom is 0.232 e. The largest absolute Gasteiger partial charge is 0.394 e. The van der Waals surface area contributed by atoms with Gasteiger partial charge in [-0.05, 0) is 51.6 Å². The van der Waals surface area contributed by atoms with E-state index in [1.165, 1.54) is 0 Å². The van der Waals surface area contributed by atoms with Crippen LogP contribution >= 0.6 is 0 Å². The van der Waals surface area contributed by atoms with Gasteiger partial charge in [0.2, 0.25) is 5.89 Å². The van der Waals surface area contributed by atoms with Crippen LogP contribution in [0, 0.1) is 12.8 Å². The first-order valence-electron chi connectivity index (χ1n) is 8.60. The van der Waals surface area contributed by atoms with Crippen LogP contribution in [0.4, 0.5) is 0 Å². The molecule has 0 saturated carbocycles. The van der Waals surface area contributed by atoms with Crippen molar-refractivity contribution in [3.05, 3.63) is 11.7 Å². The van der Waals surface area contributed by atoms with Gasteiger partial charge in [-0.25, -0.2) is 0 Å². The van der Waals surface area contributed by atoms with E-state index in [1.54, 1.807) is 0 Å². The highest BCUT2D eigenvalue weighted by atomic mass is 16.5. The van der Waals surface area contributed by atoms with Crippen LogP contribution in [0.1, 0.15) is 43.3 Å². The Hall–Kier alpha value is -1.02. The number of aryl methyl sites for hydroxylation is 1. The average Bonchev–Trinajstić information content (AvgIpc) is 3.02. The lowest BCUT2D eigenvalue weighted by molar-refractivity contribution is -0.0607. The summed E-state index contributed by atoms with van der Waals surface area (Å²) in [6.07, 6.45) is 3.64. The van der Waals surface area contributed by atoms with Gasteiger partial charge in [0.25, 0.3) is 0 Å². The minimum Gasteiger partial charge on any atom is -0.394 e. The molecule has 0 unspecified atom stereocenters. The zero-order valence-electron chi connectivity index (χ0n) is 13.7. The summed E-state index contributed by atoms with van der Waals surface area (Å²) < 4.78 is 11.5. The van der Waals surface area contributed by atoms with Crippen LogP contribution < -0.4 is 0 Å². The predicted octanol–water partition coefficient (Wildman–Crippen LogP) is 0.706. The summed E-state index contributed by atoms with van der Waals surface area (Å²) in [5, 5.41) is 22.5. The second-order valence-corrected chi connectivity index (χ2v) is 6.74. The van der Waals surface area contributed by atoms with E-state index in [1.807, 2.05) is 6.92 Å². The standard InChI is InChI=1S/C16H27N3O4/c1-11-17-16(23-18-11)14-3-2-8-22-15(14)12-4-6-19(7-5-12)9-13(21)10-20/h12-15,20-21H,2-10H2,1H3/t13-,14-,15+/m1/s1. The molecule has 130 valence electrons. The van der Waals surface area contributed by atoms with Crippen molar-refractivity contribution in [3.63, 3.8) is 0 Å². The van der Waals surface area contributed by atoms with E-state index in [0.29, 0.717) is 24.2 Å². The van der Waals surface area contributed by atoms with E-state index in [2.05, 4.69) is 15.0 Å². The maximum atomic E-state index is 9.57. The molecule has 1 aromatic rings. The normalized spacial score (nSPS) is 28.8. The molecule has 7 heteroatoms. The highest BCUT2D eigenvalue weighted by molar-refractivity contribution is 5.01. The van der Waals surface area contributed by atoms with Crippen molar-refractivity contribution >= 4 is 0 Å². The van der Waals surface area contributed by atoms with Gasteiger partial charge in [0, 0.05) is 13.2 Å². The van der Waals surface area contributed by atoms with E-state index in [9.17, 15) is 5.11 Å². The molecule has 2 fully saturated rings. The van der Waals surface area contributed by atoms with Gasteiger partial charge < -0.3 is 24.4 Å². The monoisotopic (exact) mass is 325 g/mol. The van der Waals surface area contributed by atoms with Crippen molar-refractivity contribution in [2.24, 2.45) is 5.92 Å². The van der Waals surface area contributed by atoms with Crippen molar-refractivity contribution in [2.75, 3.05) is 32.8 Å². The maximum absolute atomic E-state index is 9.57. The predicted molar refractivity (Wildman–Crippen MR) is 83.0 cm³/mol. The number of hydrogen-bond donors (Lipinski definition) is 2. The number of aromatic nitrogens is 2. The number of nitrogens with zero attached hydrogens (tertiary/aromatic N) is 3. The Morgan fingerprint density at radius 1 is 1.30 bits per heavy atom. The molecule has 2 saturated heterocycles. The average molecular weight is 325 g/mol. The van der Waals surface area contributed by atoms with E-state index in [-0.39, 0.29) is 18.6 Å². The second-order valence-electron chi connectivity index (χ2n) is 6.74. The number of hydrogen-bond acceptors (Lipinski definition) is 7. The lowest BCUT2D eigenvalue weighted by atomic mass is 9.80. The molecule has 23 heavy (non-hydrogen) atoms. The minimum absolute atomic E-state index is 0.147. The molecule has 2 N–H and O–H groups in total. The molecular formula is C16H27N3O4. The summed E-state index contributed by atoms with van der Waals surface area (Å²) in [4.78, 5) is 6.63. The first kappa shape index (κ1) is 16.8. The molecule has 0 radical (unpaired) electrons. The fourth-order valence-electron chi connectivity index (χ4n) is 3.82. The van der Waals surface area contributed by atoms with E-state index >= 15 is 0 Å². The summed E-state index contributed by atoms with van der Waals surface area (Å²) in [5.74, 6) is 2.07. The first-order chi connectivity index (χ1) is 11.2. The fourth-order valence-corrected chi connectivity index (χ4v) is 3.82. The number of aliphatic hydroxyl groups is 2. The molecule has 0 bridgehead atoms. The summed E-state index contributed by atoms with van der Waals surface area (Å²) in [7, 11) is 0. The molecule has 3 atom stereocenters. The third-order valence-electron chi connectivity index (χ3n) is 5.00. The van der Waals surface area contributed by atoms with Gasteiger partial charge in [0.15, 0.2) is 5.82 Å². The lowest BCUT2D eigenvalue weighted by Gasteiger charge is -2.40. The van der Waals surface area contributed by atoms with Crippen LogP contribution in [0.5, 0.6) is 0 Å². The van der Waals surface area contributed by atoms with Gasteiger partial charge in [-0.15, -0.1) is 0 Å². The fraction of sp³-hybridized carbons (Fsp3) is 0.875. The first-order valence-corrected chi connectivity index (χ1v) is 8.60. The molecule has 2 aliphatic heterocycles. The second kappa shape index (κ2) is 7.70. The molecule has 0 spiro atoms. The lowest BCUT2D eigenvalue weighted by Crippen LogP contribution is -2.44. The van der Waals surface area contributed by atoms with Crippen LogP contribution in [-0.4, -0.2) is 70.3 Å². The highest BCUT2D eigenvalue weighted by Crippen LogP contribution is 2.37. The number of aliphatic hydroxyl groups excluding tert-OH is 2. The molecule has 0 aromatic carbocycles.